The maximum atomic E-state index is 13.9. The maximum Gasteiger partial charge on any atom is 0.416 e. The minimum atomic E-state index is -4.50. The third kappa shape index (κ3) is 6.55. The van der Waals surface area contributed by atoms with Crippen molar-refractivity contribution in [3.63, 3.8) is 0 Å². The molecule has 0 bridgehead atoms. The van der Waals surface area contributed by atoms with Crippen LogP contribution in [0, 0.1) is 0 Å². The molecule has 0 fully saturated rings. The summed E-state index contributed by atoms with van der Waals surface area (Å²) in [6.07, 6.45) is -7.62. The highest BCUT2D eigenvalue weighted by Crippen LogP contribution is 2.44. The summed E-state index contributed by atoms with van der Waals surface area (Å²) in [5, 5.41) is -0.199. The van der Waals surface area contributed by atoms with E-state index in [2.05, 4.69) is 0 Å². The molecule has 0 radical (unpaired) electrons. The Morgan fingerprint density at radius 3 is 1.68 bits per heavy atom. The second kappa shape index (κ2) is 7.54. The highest BCUT2D eigenvalue weighted by Gasteiger charge is 2.51. The van der Waals surface area contributed by atoms with Gasteiger partial charge in [-0.1, -0.05) is 51.1 Å². The average molecular weight is 393 g/mol. The van der Waals surface area contributed by atoms with Gasteiger partial charge in [-0.2, -0.15) is 13.2 Å². The first-order valence-electron chi connectivity index (χ1n) is 8.52. The van der Waals surface area contributed by atoms with Crippen LogP contribution in [0.2, 0.25) is 37.8 Å². The summed E-state index contributed by atoms with van der Waals surface area (Å²) in [4.78, 5) is 0. The van der Waals surface area contributed by atoms with Crippen LogP contribution in [-0.4, -0.2) is 28.9 Å². The summed E-state index contributed by atoms with van der Waals surface area (Å²) in [5.41, 5.74) is 0.507. The van der Waals surface area contributed by atoms with Crippen molar-refractivity contribution in [2.75, 3.05) is 0 Å². The summed E-state index contributed by atoms with van der Waals surface area (Å²) in [7, 11) is -4.86. The zero-order valence-corrected chi connectivity index (χ0v) is 18.5. The van der Waals surface area contributed by atoms with Gasteiger partial charge < -0.3 is 8.85 Å². The SMILES string of the molecule is CC(C)(C)[Si](C)(C)O[C@@H](c1ccccc1)[C@@H](O[Si](C)(C)C)C(F)(F)F. The van der Waals surface area contributed by atoms with Gasteiger partial charge in [0.15, 0.2) is 22.7 Å². The molecular weight excluding hydrogens is 361 g/mol. The third-order valence-electron chi connectivity index (χ3n) is 4.43. The molecule has 2 atom stereocenters. The fourth-order valence-corrected chi connectivity index (χ4v) is 4.39. The quantitative estimate of drug-likeness (QED) is 0.512. The monoisotopic (exact) mass is 392 g/mol. The minimum absolute atomic E-state index is 0.199. The van der Waals surface area contributed by atoms with Crippen LogP contribution in [0.5, 0.6) is 0 Å². The molecular formula is C18H31F3O2Si2. The Morgan fingerprint density at radius 2 is 1.32 bits per heavy atom. The molecule has 1 aromatic carbocycles. The van der Waals surface area contributed by atoms with Crippen molar-refractivity contribution >= 4 is 16.6 Å². The Balaban J connectivity index is 3.38. The van der Waals surface area contributed by atoms with Gasteiger partial charge in [0, 0.05) is 0 Å². The van der Waals surface area contributed by atoms with Crippen LogP contribution in [-0.2, 0) is 8.85 Å². The number of alkyl halides is 3. The highest BCUT2D eigenvalue weighted by atomic mass is 28.4. The van der Waals surface area contributed by atoms with E-state index in [1.165, 1.54) is 0 Å². The molecule has 7 heteroatoms. The van der Waals surface area contributed by atoms with Gasteiger partial charge in [-0.25, -0.2) is 0 Å². The van der Waals surface area contributed by atoms with Crippen LogP contribution in [0.3, 0.4) is 0 Å². The van der Waals surface area contributed by atoms with E-state index in [1.54, 1.807) is 50.0 Å². The van der Waals surface area contributed by atoms with Crippen LogP contribution in [0.4, 0.5) is 13.2 Å². The Morgan fingerprint density at radius 1 is 0.840 bits per heavy atom. The number of halogens is 3. The van der Waals surface area contributed by atoms with Crippen LogP contribution in [0.1, 0.15) is 32.4 Å². The van der Waals surface area contributed by atoms with Crippen molar-refractivity contribution in [2.45, 2.75) is 76.9 Å². The highest BCUT2D eigenvalue weighted by molar-refractivity contribution is 6.74. The van der Waals surface area contributed by atoms with E-state index in [9.17, 15) is 13.2 Å². The lowest BCUT2D eigenvalue weighted by Gasteiger charge is -2.43. The summed E-state index contributed by atoms with van der Waals surface area (Å²) in [5.74, 6) is 0. The van der Waals surface area contributed by atoms with Gasteiger partial charge in [-0.15, -0.1) is 0 Å². The van der Waals surface area contributed by atoms with E-state index < -0.39 is 35.0 Å². The third-order valence-corrected chi connectivity index (χ3v) is 9.85. The van der Waals surface area contributed by atoms with Crippen molar-refractivity contribution in [1.82, 2.24) is 0 Å². The summed E-state index contributed by atoms with van der Waals surface area (Å²) >= 11 is 0. The molecule has 0 unspecified atom stereocenters. The fourth-order valence-electron chi connectivity index (χ4n) is 2.12. The van der Waals surface area contributed by atoms with Gasteiger partial charge in [0.2, 0.25) is 0 Å². The van der Waals surface area contributed by atoms with Crippen LogP contribution in [0.25, 0.3) is 0 Å². The molecule has 144 valence electrons. The smallest absolute Gasteiger partial charge is 0.407 e. The van der Waals surface area contributed by atoms with Gasteiger partial charge in [-0.05, 0) is 43.3 Å². The molecule has 2 nitrogen and oxygen atoms in total. The second-order valence-corrected chi connectivity index (χ2v) is 18.1. The molecule has 0 aliphatic rings. The van der Waals surface area contributed by atoms with E-state index in [0.29, 0.717) is 5.56 Å². The molecule has 0 spiro atoms. The predicted molar refractivity (Wildman–Crippen MR) is 102 cm³/mol. The lowest BCUT2D eigenvalue weighted by Crippen LogP contribution is -2.50. The number of rotatable bonds is 6. The molecule has 0 N–H and O–H groups in total. The first-order valence-corrected chi connectivity index (χ1v) is 14.8. The molecule has 25 heavy (non-hydrogen) atoms. The van der Waals surface area contributed by atoms with E-state index in [0.717, 1.165) is 0 Å². The Labute approximate surface area is 152 Å². The molecule has 0 aromatic heterocycles. The van der Waals surface area contributed by atoms with Crippen molar-refractivity contribution in [2.24, 2.45) is 0 Å². The largest absolute Gasteiger partial charge is 0.416 e. The number of hydrogen-bond acceptors (Lipinski definition) is 2. The molecule has 0 amide bonds. The van der Waals surface area contributed by atoms with Gasteiger partial charge in [0.25, 0.3) is 0 Å². The lowest BCUT2D eigenvalue weighted by molar-refractivity contribution is -0.222. The number of hydrogen-bond donors (Lipinski definition) is 0. The molecule has 0 aliphatic heterocycles. The second-order valence-electron chi connectivity index (χ2n) is 8.90. The number of benzene rings is 1. The molecule has 0 saturated heterocycles. The lowest BCUT2D eigenvalue weighted by atomic mass is 10.0. The van der Waals surface area contributed by atoms with Crippen molar-refractivity contribution in [1.29, 1.82) is 0 Å². The standard InChI is InChI=1S/C18H31F3O2Si2/c1-17(2,3)25(7,8)22-15(14-12-10-9-11-13-14)16(18(19,20)21)23-24(4,5)6/h9-13,15-16H,1-8H3/t15-,16+/m0/s1. The average Bonchev–Trinajstić information content (AvgIpc) is 2.40. The Bertz CT molecular complexity index is 546. The van der Waals surface area contributed by atoms with E-state index in [1.807, 2.05) is 33.9 Å². The van der Waals surface area contributed by atoms with Gasteiger partial charge in [0.1, 0.15) is 6.10 Å². The molecule has 1 rings (SSSR count). The topological polar surface area (TPSA) is 18.5 Å². The summed E-state index contributed by atoms with van der Waals surface area (Å²) in [6.45, 7) is 15.3. The van der Waals surface area contributed by atoms with Crippen LogP contribution < -0.4 is 0 Å². The van der Waals surface area contributed by atoms with Gasteiger partial charge in [-0.3, -0.25) is 0 Å². The fraction of sp³-hybridized carbons (Fsp3) is 0.667. The molecule has 0 aliphatic carbocycles. The van der Waals surface area contributed by atoms with E-state index in [-0.39, 0.29) is 5.04 Å². The van der Waals surface area contributed by atoms with Crippen molar-refractivity contribution in [3.05, 3.63) is 35.9 Å². The van der Waals surface area contributed by atoms with Crippen molar-refractivity contribution < 1.29 is 22.0 Å². The Hall–Kier alpha value is -0.636. The van der Waals surface area contributed by atoms with Crippen LogP contribution in [0.15, 0.2) is 30.3 Å². The molecule has 0 heterocycles. The first kappa shape index (κ1) is 22.4. The zero-order valence-electron chi connectivity index (χ0n) is 16.5. The van der Waals surface area contributed by atoms with Crippen LogP contribution >= 0.6 is 0 Å². The van der Waals surface area contributed by atoms with Gasteiger partial charge >= 0.3 is 6.18 Å². The van der Waals surface area contributed by atoms with E-state index in [4.69, 9.17) is 8.85 Å². The van der Waals surface area contributed by atoms with Gasteiger partial charge in [0.05, 0.1) is 0 Å². The Kier molecular flexibility index (Phi) is 6.76. The molecule has 1 aromatic rings. The summed E-state index contributed by atoms with van der Waals surface area (Å²) < 4.78 is 53.5. The minimum Gasteiger partial charge on any atom is -0.407 e. The van der Waals surface area contributed by atoms with E-state index >= 15 is 0 Å². The predicted octanol–water partition coefficient (Wildman–Crippen LogP) is 6.53. The first-order chi connectivity index (χ1) is 11.0. The maximum absolute atomic E-state index is 13.9. The summed E-state index contributed by atoms with van der Waals surface area (Å²) in [6, 6.07) is 8.63. The molecule has 0 saturated carbocycles. The normalized spacial score (nSPS) is 16.6. The van der Waals surface area contributed by atoms with Crippen molar-refractivity contribution in [3.8, 4) is 0 Å². The zero-order chi connectivity index (χ0) is 19.7.